The van der Waals surface area contributed by atoms with E-state index in [-0.39, 0.29) is 5.82 Å². The monoisotopic (exact) mass is 417 g/mol. The van der Waals surface area contributed by atoms with E-state index < -0.39 is 0 Å². The van der Waals surface area contributed by atoms with E-state index in [0.717, 1.165) is 15.6 Å². The van der Waals surface area contributed by atoms with Gasteiger partial charge in [-0.15, -0.1) is 0 Å². The van der Waals surface area contributed by atoms with Crippen molar-refractivity contribution in [2.75, 3.05) is 0 Å². The number of pyridine rings is 1. The maximum atomic E-state index is 13.4. The van der Waals surface area contributed by atoms with Crippen molar-refractivity contribution in [3.63, 3.8) is 0 Å². The van der Waals surface area contributed by atoms with Crippen LogP contribution in [0.25, 0.3) is 22.6 Å². The first kappa shape index (κ1) is 16.2. The van der Waals surface area contributed by atoms with Crippen LogP contribution in [-0.4, -0.2) is 4.98 Å². The summed E-state index contributed by atoms with van der Waals surface area (Å²) in [7, 11) is 0. The third-order valence-corrected chi connectivity index (χ3v) is 4.41. The molecule has 0 aliphatic heterocycles. The SMILES string of the molecule is Fc1cccc(C[n+]2cc(Br)cc(-c3nc4cc(Cl)ccc4o3)c2)c1. The average molecular weight is 419 g/mol. The molecule has 0 atom stereocenters. The summed E-state index contributed by atoms with van der Waals surface area (Å²) in [6.45, 7) is 0.538. The maximum Gasteiger partial charge on any atom is 0.233 e. The Balaban J connectivity index is 1.73. The first-order valence-electron chi connectivity index (χ1n) is 7.57. The van der Waals surface area contributed by atoms with E-state index in [2.05, 4.69) is 20.9 Å². The predicted octanol–water partition coefficient (Wildman–Crippen LogP) is 5.39. The normalized spacial score (nSPS) is 11.2. The molecule has 0 unspecified atom stereocenters. The highest BCUT2D eigenvalue weighted by Crippen LogP contribution is 2.27. The molecule has 2 heterocycles. The maximum absolute atomic E-state index is 13.4. The third kappa shape index (κ3) is 3.57. The molecule has 25 heavy (non-hydrogen) atoms. The van der Waals surface area contributed by atoms with Crippen LogP contribution in [0.15, 0.2) is 69.8 Å². The zero-order valence-corrected chi connectivity index (χ0v) is 15.3. The zero-order valence-electron chi connectivity index (χ0n) is 12.9. The number of rotatable bonds is 3. The van der Waals surface area contributed by atoms with Gasteiger partial charge in [0.05, 0.1) is 4.47 Å². The highest BCUT2D eigenvalue weighted by molar-refractivity contribution is 9.10. The van der Waals surface area contributed by atoms with Gasteiger partial charge in [0.1, 0.15) is 16.9 Å². The summed E-state index contributed by atoms with van der Waals surface area (Å²) < 4.78 is 22.0. The number of fused-ring (bicyclic) bond motifs is 1. The molecule has 4 rings (SSSR count). The Morgan fingerprint density at radius 3 is 2.84 bits per heavy atom. The summed E-state index contributed by atoms with van der Waals surface area (Å²) in [6.07, 6.45) is 3.84. The Labute approximate surface area is 156 Å². The van der Waals surface area contributed by atoms with Gasteiger partial charge in [0, 0.05) is 10.6 Å². The highest BCUT2D eigenvalue weighted by atomic mass is 79.9. The minimum absolute atomic E-state index is 0.246. The predicted molar refractivity (Wildman–Crippen MR) is 97.9 cm³/mol. The largest absolute Gasteiger partial charge is 0.436 e. The van der Waals surface area contributed by atoms with E-state index in [4.69, 9.17) is 16.0 Å². The van der Waals surface area contributed by atoms with Crippen molar-refractivity contribution in [3.05, 3.63) is 81.8 Å². The van der Waals surface area contributed by atoms with Crippen LogP contribution in [0.4, 0.5) is 4.39 Å². The lowest BCUT2D eigenvalue weighted by Crippen LogP contribution is -2.33. The van der Waals surface area contributed by atoms with Crippen molar-refractivity contribution in [1.82, 2.24) is 4.98 Å². The second-order valence-electron chi connectivity index (χ2n) is 5.68. The standard InChI is InChI=1S/C19H12BrClFN2O/c20-14-7-13(19-23-17-8-15(21)4-5-18(17)25-19)10-24(11-14)9-12-2-1-3-16(22)6-12/h1-8,10-11H,9H2/q+1. The summed E-state index contributed by atoms with van der Waals surface area (Å²) in [4.78, 5) is 4.50. The van der Waals surface area contributed by atoms with E-state index >= 15 is 0 Å². The van der Waals surface area contributed by atoms with Crippen LogP contribution in [0.2, 0.25) is 5.02 Å². The highest BCUT2D eigenvalue weighted by Gasteiger charge is 2.15. The van der Waals surface area contributed by atoms with Gasteiger partial charge in [-0.1, -0.05) is 23.7 Å². The van der Waals surface area contributed by atoms with Crippen LogP contribution in [0.1, 0.15) is 5.56 Å². The fourth-order valence-corrected chi connectivity index (χ4v) is 3.35. The van der Waals surface area contributed by atoms with Gasteiger partial charge >= 0.3 is 0 Å². The van der Waals surface area contributed by atoms with Crippen molar-refractivity contribution in [2.24, 2.45) is 0 Å². The number of hydrogen-bond acceptors (Lipinski definition) is 2. The number of nitrogens with zero attached hydrogens (tertiary/aromatic N) is 2. The van der Waals surface area contributed by atoms with Gasteiger partial charge in [-0.2, -0.15) is 4.57 Å². The van der Waals surface area contributed by atoms with Crippen LogP contribution in [-0.2, 0) is 6.54 Å². The molecular formula is C19H12BrClFN2O+. The number of hydrogen-bond donors (Lipinski definition) is 0. The van der Waals surface area contributed by atoms with Crippen LogP contribution >= 0.6 is 27.5 Å². The van der Waals surface area contributed by atoms with E-state index in [0.29, 0.717) is 28.6 Å². The van der Waals surface area contributed by atoms with E-state index in [1.165, 1.54) is 12.1 Å². The Morgan fingerprint density at radius 2 is 2.00 bits per heavy atom. The van der Waals surface area contributed by atoms with Crippen LogP contribution in [0.3, 0.4) is 0 Å². The molecule has 0 spiro atoms. The Morgan fingerprint density at radius 1 is 1.12 bits per heavy atom. The van der Waals surface area contributed by atoms with Gasteiger partial charge in [0.25, 0.3) is 0 Å². The smallest absolute Gasteiger partial charge is 0.233 e. The molecule has 6 heteroatoms. The minimum Gasteiger partial charge on any atom is -0.436 e. The Kier molecular flexibility index (Phi) is 4.27. The van der Waals surface area contributed by atoms with Crippen molar-refractivity contribution in [3.8, 4) is 11.5 Å². The molecule has 0 N–H and O–H groups in total. The summed E-state index contributed by atoms with van der Waals surface area (Å²) in [5.41, 5.74) is 3.08. The van der Waals surface area contributed by atoms with Gasteiger partial charge in [0.2, 0.25) is 5.89 Å². The molecule has 0 bridgehead atoms. The van der Waals surface area contributed by atoms with Crippen molar-refractivity contribution < 1.29 is 13.4 Å². The Bertz CT molecular complexity index is 1080. The van der Waals surface area contributed by atoms with Gasteiger partial charge in [0.15, 0.2) is 24.5 Å². The molecule has 0 aliphatic rings. The summed E-state index contributed by atoms with van der Waals surface area (Å²) in [5.74, 6) is 0.260. The number of halogens is 3. The Hall–Kier alpha value is -2.24. The van der Waals surface area contributed by atoms with Gasteiger partial charge in [-0.25, -0.2) is 9.37 Å². The topological polar surface area (TPSA) is 29.9 Å². The molecule has 0 amide bonds. The first-order valence-corrected chi connectivity index (χ1v) is 8.74. The van der Waals surface area contributed by atoms with Gasteiger partial charge < -0.3 is 4.42 Å². The quantitative estimate of drug-likeness (QED) is 0.418. The number of oxazole rings is 1. The van der Waals surface area contributed by atoms with Gasteiger partial charge in [-0.3, -0.25) is 0 Å². The molecule has 4 aromatic rings. The van der Waals surface area contributed by atoms with Crippen molar-refractivity contribution >= 4 is 38.6 Å². The van der Waals surface area contributed by atoms with Crippen molar-refractivity contribution in [1.29, 1.82) is 0 Å². The number of benzene rings is 2. The van der Waals surface area contributed by atoms with Crippen LogP contribution < -0.4 is 4.57 Å². The summed E-state index contributed by atoms with van der Waals surface area (Å²) >= 11 is 9.51. The molecule has 0 radical (unpaired) electrons. The zero-order chi connectivity index (χ0) is 17.4. The molecule has 0 saturated heterocycles. The number of aromatic nitrogens is 2. The van der Waals surface area contributed by atoms with Crippen LogP contribution in [0.5, 0.6) is 0 Å². The summed E-state index contributed by atoms with van der Waals surface area (Å²) in [6, 6.07) is 13.8. The van der Waals surface area contributed by atoms with E-state index in [9.17, 15) is 4.39 Å². The minimum atomic E-state index is -0.246. The molecular weight excluding hydrogens is 407 g/mol. The van der Waals surface area contributed by atoms with Gasteiger partial charge in [-0.05, 0) is 52.3 Å². The first-order chi connectivity index (χ1) is 12.1. The van der Waals surface area contributed by atoms with Crippen molar-refractivity contribution in [2.45, 2.75) is 6.54 Å². The lowest BCUT2D eigenvalue weighted by Gasteiger charge is -2.01. The fraction of sp³-hybridized carbons (Fsp3) is 0.0526. The fourth-order valence-electron chi connectivity index (χ4n) is 2.68. The molecule has 2 aromatic heterocycles. The lowest BCUT2D eigenvalue weighted by molar-refractivity contribution is -0.688. The molecule has 2 aromatic carbocycles. The molecule has 124 valence electrons. The van der Waals surface area contributed by atoms with E-state index in [1.807, 2.05) is 29.1 Å². The second kappa shape index (κ2) is 6.58. The second-order valence-corrected chi connectivity index (χ2v) is 7.03. The summed E-state index contributed by atoms with van der Waals surface area (Å²) in [5, 5.41) is 0.614. The molecule has 0 aliphatic carbocycles. The lowest BCUT2D eigenvalue weighted by atomic mass is 10.2. The molecule has 0 saturated carbocycles. The van der Waals surface area contributed by atoms with E-state index in [1.54, 1.807) is 24.3 Å². The molecule has 0 fully saturated rings. The molecule has 3 nitrogen and oxygen atoms in total. The average Bonchev–Trinajstić information content (AvgIpc) is 2.97. The third-order valence-electron chi connectivity index (χ3n) is 3.74. The van der Waals surface area contributed by atoms with Crippen LogP contribution in [0, 0.1) is 5.82 Å².